The lowest BCUT2D eigenvalue weighted by atomic mass is 9.82. The Labute approximate surface area is 126 Å². The second-order valence-corrected chi connectivity index (χ2v) is 5.94. The van der Waals surface area contributed by atoms with Crippen molar-refractivity contribution in [2.45, 2.75) is 44.8 Å². The van der Waals surface area contributed by atoms with Crippen LogP contribution < -0.4 is 0 Å². The summed E-state index contributed by atoms with van der Waals surface area (Å²) in [4.78, 5) is 2.10. The van der Waals surface area contributed by atoms with Gasteiger partial charge in [-0.2, -0.15) is 0 Å². The topological polar surface area (TPSA) is 23.5 Å². The standard InChI is InChI=1S/C15H23Cl2NO/c1-5-15(6-2,18(3)4)14(19)10-11-12(16)8-7-9-13(11)17/h7-9,14,19H,5-6,10H2,1-4H3. The molecule has 1 aromatic carbocycles. The van der Waals surface area contributed by atoms with E-state index in [1.54, 1.807) is 0 Å². The lowest BCUT2D eigenvalue weighted by Crippen LogP contribution is -2.53. The number of rotatable bonds is 6. The Balaban J connectivity index is 3.03. The van der Waals surface area contributed by atoms with Crippen molar-refractivity contribution in [1.29, 1.82) is 0 Å². The molecule has 0 bridgehead atoms. The highest BCUT2D eigenvalue weighted by atomic mass is 35.5. The average Bonchev–Trinajstić information content (AvgIpc) is 2.36. The Hall–Kier alpha value is -0.280. The minimum atomic E-state index is -0.505. The molecule has 0 aliphatic heterocycles. The fraction of sp³-hybridized carbons (Fsp3) is 0.600. The molecule has 2 nitrogen and oxygen atoms in total. The molecular weight excluding hydrogens is 281 g/mol. The molecule has 0 saturated heterocycles. The van der Waals surface area contributed by atoms with E-state index >= 15 is 0 Å². The summed E-state index contributed by atoms with van der Waals surface area (Å²) in [5.74, 6) is 0. The lowest BCUT2D eigenvalue weighted by Gasteiger charge is -2.42. The van der Waals surface area contributed by atoms with Gasteiger partial charge >= 0.3 is 0 Å². The molecule has 0 heterocycles. The first kappa shape index (κ1) is 16.8. The summed E-state index contributed by atoms with van der Waals surface area (Å²) in [5, 5.41) is 11.9. The van der Waals surface area contributed by atoms with E-state index in [4.69, 9.17) is 23.2 Å². The number of aliphatic hydroxyl groups is 1. The van der Waals surface area contributed by atoms with Crippen LogP contribution in [0.5, 0.6) is 0 Å². The third-order valence-electron chi connectivity index (χ3n) is 4.19. The number of aliphatic hydroxyl groups excluding tert-OH is 1. The van der Waals surface area contributed by atoms with Crippen LogP contribution in [0, 0.1) is 0 Å². The summed E-state index contributed by atoms with van der Waals surface area (Å²) in [7, 11) is 4.01. The Morgan fingerprint density at radius 3 is 2.00 bits per heavy atom. The smallest absolute Gasteiger partial charge is 0.0764 e. The second-order valence-electron chi connectivity index (χ2n) is 5.13. The quantitative estimate of drug-likeness (QED) is 0.858. The first-order valence-electron chi connectivity index (χ1n) is 6.67. The minimum Gasteiger partial charge on any atom is -0.391 e. The molecule has 19 heavy (non-hydrogen) atoms. The van der Waals surface area contributed by atoms with Gasteiger partial charge in [-0.1, -0.05) is 43.1 Å². The molecular formula is C15H23Cl2NO. The number of halogens is 2. The first-order chi connectivity index (χ1) is 8.89. The molecule has 1 aromatic rings. The minimum absolute atomic E-state index is 0.248. The number of nitrogens with zero attached hydrogens (tertiary/aromatic N) is 1. The van der Waals surface area contributed by atoms with Crippen molar-refractivity contribution in [3.8, 4) is 0 Å². The van der Waals surface area contributed by atoms with Crippen LogP contribution in [0.15, 0.2) is 18.2 Å². The van der Waals surface area contributed by atoms with Crippen LogP contribution in [-0.4, -0.2) is 35.7 Å². The largest absolute Gasteiger partial charge is 0.391 e. The molecule has 108 valence electrons. The van der Waals surface area contributed by atoms with Gasteiger partial charge in [-0.3, -0.25) is 0 Å². The van der Waals surface area contributed by atoms with Crippen molar-refractivity contribution in [3.05, 3.63) is 33.8 Å². The van der Waals surface area contributed by atoms with Gasteiger partial charge in [-0.15, -0.1) is 0 Å². The molecule has 1 rings (SSSR count). The Morgan fingerprint density at radius 1 is 1.16 bits per heavy atom. The maximum Gasteiger partial charge on any atom is 0.0764 e. The van der Waals surface area contributed by atoms with E-state index in [2.05, 4.69) is 18.7 Å². The molecule has 0 aromatic heterocycles. The number of benzene rings is 1. The Bertz CT molecular complexity index is 396. The summed E-state index contributed by atoms with van der Waals surface area (Å²) in [5.41, 5.74) is 0.578. The van der Waals surface area contributed by atoms with Gasteiger partial charge in [-0.05, 0) is 44.6 Å². The van der Waals surface area contributed by atoms with Crippen LogP contribution in [0.4, 0.5) is 0 Å². The predicted molar refractivity (Wildman–Crippen MR) is 83.2 cm³/mol. The number of hydrogen-bond acceptors (Lipinski definition) is 2. The summed E-state index contributed by atoms with van der Waals surface area (Å²) < 4.78 is 0. The average molecular weight is 304 g/mol. The number of likely N-dealkylation sites (N-methyl/N-ethyl adjacent to an activating group) is 1. The summed E-state index contributed by atoms with van der Waals surface area (Å²) in [6.45, 7) is 4.20. The lowest BCUT2D eigenvalue weighted by molar-refractivity contribution is -0.0125. The zero-order valence-corrected chi connectivity index (χ0v) is 13.6. The molecule has 0 fully saturated rings. The molecule has 0 aliphatic rings. The van der Waals surface area contributed by atoms with E-state index in [0.717, 1.165) is 18.4 Å². The van der Waals surface area contributed by atoms with Crippen molar-refractivity contribution in [2.75, 3.05) is 14.1 Å². The van der Waals surface area contributed by atoms with E-state index in [0.29, 0.717) is 16.5 Å². The Kier molecular flexibility index (Phi) is 6.13. The molecule has 0 saturated carbocycles. The van der Waals surface area contributed by atoms with Crippen LogP contribution >= 0.6 is 23.2 Å². The highest BCUT2D eigenvalue weighted by molar-refractivity contribution is 6.36. The van der Waals surface area contributed by atoms with Gasteiger partial charge in [0.25, 0.3) is 0 Å². The molecule has 1 atom stereocenters. The zero-order chi connectivity index (χ0) is 14.6. The molecule has 0 aliphatic carbocycles. The first-order valence-corrected chi connectivity index (χ1v) is 7.43. The Morgan fingerprint density at radius 2 is 1.63 bits per heavy atom. The SMILES string of the molecule is CCC(CC)(C(O)Cc1c(Cl)cccc1Cl)N(C)C. The van der Waals surface area contributed by atoms with Gasteiger partial charge in [0.05, 0.1) is 6.10 Å². The van der Waals surface area contributed by atoms with Gasteiger partial charge < -0.3 is 10.0 Å². The molecule has 1 unspecified atom stereocenters. The van der Waals surface area contributed by atoms with Crippen LogP contribution in [0.25, 0.3) is 0 Å². The van der Waals surface area contributed by atoms with Crippen molar-refractivity contribution in [3.63, 3.8) is 0 Å². The van der Waals surface area contributed by atoms with E-state index in [1.807, 2.05) is 32.3 Å². The molecule has 0 radical (unpaired) electrons. The third-order valence-corrected chi connectivity index (χ3v) is 4.90. The van der Waals surface area contributed by atoms with Crippen LogP contribution in [-0.2, 0) is 6.42 Å². The monoisotopic (exact) mass is 303 g/mol. The molecule has 0 amide bonds. The van der Waals surface area contributed by atoms with Gasteiger partial charge in [-0.25, -0.2) is 0 Å². The zero-order valence-electron chi connectivity index (χ0n) is 12.1. The van der Waals surface area contributed by atoms with Gasteiger partial charge in [0.15, 0.2) is 0 Å². The summed E-state index contributed by atoms with van der Waals surface area (Å²) in [6, 6.07) is 5.44. The normalized spacial score (nSPS) is 13.9. The maximum absolute atomic E-state index is 10.7. The fourth-order valence-electron chi connectivity index (χ4n) is 2.76. The third kappa shape index (κ3) is 3.43. The van der Waals surface area contributed by atoms with Crippen LogP contribution in [0.1, 0.15) is 32.3 Å². The van der Waals surface area contributed by atoms with Crippen LogP contribution in [0.3, 0.4) is 0 Å². The van der Waals surface area contributed by atoms with E-state index < -0.39 is 6.10 Å². The van der Waals surface area contributed by atoms with Crippen molar-refractivity contribution in [1.82, 2.24) is 4.90 Å². The highest BCUT2D eigenvalue weighted by Gasteiger charge is 2.37. The van der Waals surface area contributed by atoms with Crippen molar-refractivity contribution >= 4 is 23.2 Å². The van der Waals surface area contributed by atoms with Crippen LogP contribution in [0.2, 0.25) is 10.0 Å². The van der Waals surface area contributed by atoms with E-state index in [-0.39, 0.29) is 5.54 Å². The summed E-state index contributed by atoms with van der Waals surface area (Å²) >= 11 is 12.4. The van der Waals surface area contributed by atoms with E-state index in [1.165, 1.54) is 0 Å². The second kappa shape index (κ2) is 6.94. The summed E-state index contributed by atoms with van der Waals surface area (Å²) in [6.07, 6.45) is 1.72. The van der Waals surface area contributed by atoms with E-state index in [9.17, 15) is 5.11 Å². The number of hydrogen-bond donors (Lipinski definition) is 1. The van der Waals surface area contributed by atoms with Crippen molar-refractivity contribution < 1.29 is 5.11 Å². The highest BCUT2D eigenvalue weighted by Crippen LogP contribution is 2.32. The molecule has 1 N–H and O–H groups in total. The molecule has 0 spiro atoms. The van der Waals surface area contributed by atoms with Gasteiger partial charge in [0, 0.05) is 22.0 Å². The van der Waals surface area contributed by atoms with Gasteiger partial charge in [0.2, 0.25) is 0 Å². The fourth-order valence-corrected chi connectivity index (χ4v) is 3.31. The molecule has 4 heteroatoms. The van der Waals surface area contributed by atoms with Crippen molar-refractivity contribution in [2.24, 2.45) is 0 Å². The maximum atomic E-state index is 10.7. The predicted octanol–water partition coefficient (Wildman–Crippen LogP) is 4.02. The van der Waals surface area contributed by atoms with Gasteiger partial charge in [0.1, 0.15) is 0 Å².